The molecule has 0 atom stereocenters. The number of hydrogen-bond donors (Lipinski definition) is 1. The Hall–Kier alpha value is -3.00. The minimum absolute atomic E-state index is 0.290. The van der Waals surface area contributed by atoms with Crippen molar-refractivity contribution >= 4 is 22.8 Å². The maximum absolute atomic E-state index is 12.7. The van der Waals surface area contributed by atoms with Crippen LogP contribution in [0.1, 0.15) is 59.2 Å². The van der Waals surface area contributed by atoms with Gasteiger partial charge in [0.15, 0.2) is 11.6 Å². The minimum Gasteiger partial charge on any atom is -0.494 e. The van der Waals surface area contributed by atoms with Gasteiger partial charge in [-0.3, -0.25) is 9.78 Å². The average Bonchev–Trinajstić information content (AvgIpc) is 3.49. The molecule has 0 unspecified atom stereocenters. The molecule has 2 fully saturated rings. The summed E-state index contributed by atoms with van der Waals surface area (Å²) in [6.45, 7) is 1.50. The SMILES string of the molecule is COc1ccc(C2CCOCC2)c2ncc(NC(=O)c3cnoc3C3CC3)nc12. The standard InChI is InChI=1S/C21H22N4O4/c1-27-16-5-4-14(12-6-8-28-9-7-12)18-19(16)24-17(11-22-18)25-21(26)15-10-23-29-20(15)13-2-3-13/h4-5,10-13H,2-3,6-9H2,1H3,(H,24,25,26). The van der Waals surface area contributed by atoms with E-state index in [4.69, 9.17) is 14.0 Å². The smallest absolute Gasteiger partial charge is 0.262 e. The van der Waals surface area contributed by atoms with Crippen molar-refractivity contribution in [2.24, 2.45) is 0 Å². The monoisotopic (exact) mass is 394 g/mol. The van der Waals surface area contributed by atoms with Crippen molar-refractivity contribution in [1.29, 1.82) is 0 Å². The number of methoxy groups -OCH3 is 1. The highest BCUT2D eigenvalue weighted by molar-refractivity contribution is 6.04. The number of hydrogen-bond acceptors (Lipinski definition) is 7. The predicted molar refractivity (Wildman–Crippen MR) is 105 cm³/mol. The number of fused-ring (bicyclic) bond motifs is 1. The van der Waals surface area contributed by atoms with Crippen LogP contribution in [0.2, 0.25) is 0 Å². The van der Waals surface area contributed by atoms with E-state index >= 15 is 0 Å². The van der Waals surface area contributed by atoms with Crippen molar-refractivity contribution in [3.05, 3.63) is 41.4 Å². The third kappa shape index (κ3) is 3.44. The van der Waals surface area contributed by atoms with Crippen LogP contribution in [0, 0.1) is 0 Å². The van der Waals surface area contributed by atoms with E-state index in [1.165, 1.54) is 6.20 Å². The Balaban J connectivity index is 1.47. The highest BCUT2D eigenvalue weighted by Crippen LogP contribution is 2.41. The Labute approximate surface area is 167 Å². The summed E-state index contributed by atoms with van der Waals surface area (Å²) in [5.41, 5.74) is 3.04. The van der Waals surface area contributed by atoms with Crippen LogP contribution in [0.5, 0.6) is 5.75 Å². The molecule has 2 aromatic heterocycles. The largest absolute Gasteiger partial charge is 0.494 e. The van der Waals surface area contributed by atoms with Gasteiger partial charge in [0, 0.05) is 19.1 Å². The van der Waals surface area contributed by atoms with Gasteiger partial charge in [0.25, 0.3) is 5.91 Å². The van der Waals surface area contributed by atoms with Gasteiger partial charge in [0.1, 0.15) is 16.8 Å². The minimum atomic E-state index is -0.290. The van der Waals surface area contributed by atoms with E-state index in [1.807, 2.05) is 6.07 Å². The lowest BCUT2D eigenvalue weighted by Gasteiger charge is -2.23. The van der Waals surface area contributed by atoms with Gasteiger partial charge in [-0.2, -0.15) is 0 Å². The third-order valence-electron chi connectivity index (χ3n) is 5.61. The van der Waals surface area contributed by atoms with Gasteiger partial charge in [0.2, 0.25) is 0 Å². The molecule has 0 spiro atoms. The van der Waals surface area contributed by atoms with E-state index in [0.29, 0.717) is 40.2 Å². The van der Waals surface area contributed by atoms with Gasteiger partial charge in [0.05, 0.1) is 25.0 Å². The zero-order chi connectivity index (χ0) is 19.8. The van der Waals surface area contributed by atoms with Crippen LogP contribution in [0.25, 0.3) is 11.0 Å². The molecule has 0 radical (unpaired) electrons. The first-order chi connectivity index (χ1) is 14.2. The zero-order valence-corrected chi connectivity index (χ0v) is 16.2. The molecule has 1 aliphatic heterocycles. The molecule has 3 aromatic rings. The summed E-state index contributed by atoms with van der Waals surface area (Å²) < 4.78 is 16.2. The lowest BCUT2D eigenvalue weighted by molar-refractivity contribution is 0.0855. The highest BCUT2D eigenvalue weighted by Gasteiger charge is 2.32. The second kappa shape index (κ2) is 7.44. The number of carbonyl (C=O) groups is 1. The van der Waals surface area contributed by atoms with Crippen LogP contribution in [-0.2, 0) is 4.74 Å². The summed E-state index contributed by atoms with van der Waals surface area (Å²) in [5.74, 6) is 2.03. The fraction of sp³-hybridized carbons (Fsp3) is 0.429. The number of ether oxygens (including phenoxy) is 2. The van der Waals surface area contributed by atoms with E-state index in [0.717, 1.165) is 50.0 Å². The summed E-state index contributed by atoms with van der Waals surface area (Å²) in [4.78, 5) is 22.0. The topological polar surface area (TPSA) is 99.4 Å². The Kier molecular flexibility index (Phi) is 4.63. The van der Waals surface area contributed by atoms with Crippen LogP contribution in [-0.4, -0.2) is 41.4 Å². The third-order valence-corrected chi connectivity index (χ3v) is 5.61. The quantitative estimate of drug-likeness (QED) is 0.705. The van der Waals surface area contributed by atoms with E-state index in [1.54, 1.807) is 13.3 Å². The molecule has 0 bridgehead atoms. The van der Waals surface area contributed by atoms with Gasteiger partial charge in [-0.05, 0) is 43.2 Å². The second-order valence-corrected chi connectivity index (χ2v) is 7.53. The number of carbonyl (C=O) groups excluding carboxylic acids is 1. The molecule has 2 aliphatic rings. The van der Waals surface area contributed by atoms with Gasteiger partial charge in [-0.25, -0.2) is 4.98 Å². The molecule has 8 heteroatoms. The van der Waals surface area contributed by atoms with Crippen molar-refractivity contribution in [3.63, 3.8) is 0 Å². The van der Waals surface area contributed by atoms with Crippen LogP contribution in [0.4, 0.5) is 5.82 Å². The lowest BCUT2D eigenvalue weighted by Crippen LogP contribution is -2.16. The second-order valence-electron chi connectivity index (χ2n) is 7.53. The molecule has 1 aliphatic carbocycles. The van der Waals surface area contributed by atoms with E-state index in [-0.39, 0.29) is 5.91 Å². The maximum atomic E-state index is 12.7. The summed E-state index contributed by atoms with van der Waals surface area (Å²) in [6.07, 6.45) is 7.01. The van der Waals surface area contributed by atoms with Gasteiger partial charge in [-0.15, -0.1) is 0 Å². The van der Waals surface area contributed by atoms with Crippen molar-refractivity contribution in [2.45, 2.75) is 37.5 Å². The average molecular weight is 394 g/mol. The summed E-state index contributed by atoms with van der Waals surface area (Å²) in [5, 5.41) is 6.61. The molecule has 1 saturated heterocycles. The number of benzene rings is 1. The Morgan fingerprint density at radius 3 is 2.69 bits per heavy atom. The van der Waals surface area contributed by atoms with Crippen molar-refractivity contribution < 1.29 is 18.8 Å². The van der Waals surface area contributed by atoms with Crippen LogP contribution >= 0.6 is 0 Å². The van der Waals surface area contributed by atoms with Crippen LogP contribution in [0.15, 0.2) is 29.0 Å². The summed E-state index contributed by atoms with van der Waals surface area (Å²) in [6, 6.07) is 3.97. The predicted octanol–water partition coefficient (Wildman–Crippen LogP) is 3.65. The number of amides is 1. The van der Waals surface area contributed by atoms with Crippen molar-refractivity contribution in [3.8, 4) is 5.75 Å². The lowest BCUT2D eigenvalue weighted by atomic mass is 9.90. The fourth-order valence-electron chi connectivity index (χ4n) is 3.90. The van der Waals surface area contributed by atoms with E-state index in [9.17, 15) is 4.79 Å². The van der Waals surface area contributed by atoms with Gasteiger partial charge < -0.3 is 19.3 Å². The summed E-state index contributed by atoms with van der Waals surface area (Å²) >= 11 is 0. The number of nitrogens with zero attached hydrogens (tertiary/aromatic N) is 3. The normalized spacial score (nSPS) is 17.4. The molecule has 29 heavy (non-hydrogen) atoms. The van der Waals surface area contributed by atoms with Crippen molar-refractivity contribution in [1.82, 2.24) is 15.1 Å². The van der Waals surface area contributed by atoms with Crippen LogP contribution < -0.4 is 10.1 Å². The molecule has 150 valence electrons. The van der Waals surface area contributed by atoms with Crippen molar-refractivity contribution in [2.75, 3.05) is 25.6 Å². The number of rotatable bonds is 5. The zero-order valence-electron chi connectivity index (χ0n) is 16.2. The van der Waals surface area contributed by atoms with Gasteiger partial charge in [-0.1, -0.05) is 11.2 Å². The number of anilines is 1. The molecule has 5 rings (SSSR count). The first-order valence-corrected chi connectivity index (χ1v) is 9.92. The van der Waals surface area contributed by atoms with Crippen LogP contribution in [0.3, 0.4) is 0 Å². The molecule has 3 heterocycles. The first kappa shape index (κ1) is 18.1. The molecule has 1 saturated carbocycles. The molecular formula is C21H22N4O4. The molecule has 1 N–H and O–H groups in total. The Morgan fingerprint density at radius 1 is 1.10 bits per heavy atom. The maximum Gasteiger partial charge on any atom is 0.262 e. The highest BCUT2D eigenvalue weighted by atomic mass is 16.5. The molecule has 1 aromatic carbocycles. The van der Waals surface area contributed by atoms with E-state index < -0.39 is 0 Å². The number of nitrogens with one attached hydrogen (secondary N) is 1. The van der Waals surface area contributed by atoms with Gasteiger partial charge >= 0.3 is 0 Å². The van der Waals surface area contributed by atoms with E-state index in [2.05, 4.69) is 26.5 Å². The Bertz CT molecular complexity index is 1050. The Morgan fingerprint density at radius 2 is 1.93 bits per heavy atom. The fourth-order valence-corrected chi connectivity index (χ4v) is 3.90. The summed E-state index contributed by atoms with van der Waals surface area (Å²) in [7, 11) is 1.61. The number of aromatic nitrogens is 3. The molecular weight excluding hydrogens is 372 g/mol. The molecule has 8 nitrogen and oxygen atoms in total. The first-order valence-electron chi connectivity index (χ1n) is 9.92. The molecule has 1 amide bonds.